The fraction of sp³-hybridized carbons (Fsp3) is 0.300. The molecule has 2 aromatic heterocycles. The molecule has 4 aromatic rings. The van der Waals surface area contributed by atoms with Crippen LogP contribution in [0.15, 0.2) is 72.9 Å². The van der Waals surface area contributed by atoms with Crippen LogP contribution in [-0.4, -0.2) is 44.4 Å². The van der Waals surface area contributed by atoms with Gasteiger partial charge in [0.05, 0.1) is 42.7 Å². The van der Waals surface area contributed by atoms with Crippen LogP contribution >= 0.6 is 0 Å². The van der Waals surface area contributed by atoms with E-state index in [0.717, 1.165) is 40.4 Å². The summed E-state index contributed by atoms with van der Waals surface area (Å²) in [6.45, 7) is 6.76. The summed E-state index contributed by atoms with van der Waals surface area (Å²) in [6, 6.07) is 22.0. The number of ether oxygens (including phenoxy) is 1. The van der Waals surface area contributed by atoms with E-state index < -0.39 is 0 Å². The zero-order valence-corrected chi connectivity index (χ0v) is 22.1. The Morgan fingerprint density at radius 3 is 2.50 bits per heavy atom. The minimum Gasteiger partial charge on any atom is -0.466 e. The highest BCUT2D eigenvalue weighted by Crippen LogP contribution is 2.38. The predicted molar refractivity (Wildman–Crippen MR) is 145 cm³/mol. The van der Waals surface area contributed by atoms with Gasteiger partial charge in [-0.25, -0.2) is 9.48 Å². The van der Waals surface area contributed by atoms with Crippen LogP contribution in [0.3, 0.4) is 0 Å². The number of carbonyl (C=O) groups is 2. The maximum atomic E-state index is 13.8. The highest BCUT2D eigenvalue weighted by Gasteiger charge is 2.35. The normalized spacial score (nSPS) is 14.4. The lowest BCUT2D eigenvalue weighted by molar-refractivity contribution is -0.142. The number of esters is 1. The van der Waals surface area contributed by atoms with Crippen molar-refractivity contribution in [1.82, 2.24) is 24.6 Å². The highest BCUT2D eigenvalue weighted by molar-refractivity contribution is 5.77. The lowest BCUT2D eigenvalue weighted by atomic mass is 10.00. The number of hydrogen-bond acceptors (Lipinski definition) is 4. The number of urea groups is 1. The Bertz CT molecular complexity index is 1420. The van der Waals surface area contributed by atoms with Gasteiger partial charge in [0, 0.05) is 18.3 Å². The number of nitrogens with one attached hydrogen (secondary N) is 1. The van der Waals surface area contributed by atoms with Crippen LogP contribution < -0.4 is 5.32 Å². The van der Waals surface area contributed by atoms with Crippen molar-refractivity contribution in [2.24, 2.45) is 0 Å². The van der Waals surface area contributed by atoms with E-state index in [-0.39, 0.29) is 31.0 Å². The second-order valence-electron chi connectivity index (χ2n) is 9.35. The average Bonchev–Trinajstić information content (AvgIpc) is 3.50. The molecular weight excluding hydrogens is 478 g/mol. The first-order chi connectivity index (χ1) is 18.5. The lowest BCUT2D eigenvalue weighted by Gasteiger charge is -2.31. The number of amides is 2. The molecule has 1 aliphatic rings. The smallest absolute Gasteiger partial charge is 0.318 e. The SMILES string of the molecule is CCOC(=O)CCNC(=O)N1Cc2c(C)nn(-c3ccccc3)c2-n2cccc2C1c1ccc(CC)cc1. The molecule has 0 bridgehead atoms. The molecule has 1 N–H and O–H groups in total. The van der Waals surface area contributed by atoms with Crippen molar-refractivity contribution in [2.45, 2.75) is 46.2 Å². The highest BCUT2D eigenvalue weighted by atomic mass is 16.5. The molecule has 196 valence electrons. The Morgan fingerprint density at radius 1 is 1.03 bits per heavy atom. The van der Waals surface area contributed by atoms with Crippen molar-refractivity contribution in [3.8, 4) is 11.5 Å². The molecule has 0 spiro atoms. The molecule has 3 heterocycles. The number of fused-ring (bicyclic) bond motifs is 3. The monoisotopic (exact) mass is 511 g/mol. The number of para-hydroxylation sites is 1. The van der Waals surface area contributed by atoms with E-state index in [1.165, 1.54) is 5.56 Å². The summed E-state index contributed by atoms with van der Waals surface area (Å²) in [5, 5.41) is 7.83. The molecule has 5 rings (SSSR count). The topological polar surface area (TPSA) is 81.4 Å². The van der Waals surface area contributed by atoms with E-state index in [9.17, 15) is 9.59 Å². The standard InChI is InChI=1S/C30H33N5O3/c1-4-22-13-15-23(16-14-22)28-26-12-9-19-33(26)29-25(21(3)32-35(29)24-10-7-6-8-11-24)20-34(28)30(37)31-18-17-27(36)38-5-2/h6-16,19,28H,4-5,17-18,20H2,1-3H3,(H,31,37). The molecule has 1 unspecified atom stereocenters. The van der Waals surface area contributed by atoms with Crippen molar-refractivity contribution in [2.75, 3.05) is 13.2 Å². The molecule has 0 radical (unpaired) electrons. The third kappa shape index (κ3) is 4.81. The average molecular weight is 512 g/mol. The van der Waals surface area contributed by atoms with Crippen LogP contribution in [0.5, 0.6) is 0 Å². The summed E-state index contributed by atoms with van der Waals surface area (Å²) in [6.07, 6.45) is 3.09. The van der Waals surface area contributed by atoms with Gasteiger partial charge in [0.1, 0.15) is 5.82 Å². The number of benzene rings is 2. The maximum Gasteiger partial charge on any atom is 0.318 e. The molecule has 38 heavy (non-hydrogen) atoms. The maximum absolute atomic E-state index is 13.8. The van der Waals surface area contributed by atoms with Crippen LogP contribution in [0, 0.1) is 6.92 Å². The number of rotatable bonds is 7. The van der Waals surface area contributed by atoms with E-state index in [1.807, 2.05) is 59.1 Å². The fourth-order valence-corrected chi connectivity index (χ4v) is 5.04. The molecular formula is C30H33N5O3. The molecule has 1 aliphatic heterocycles. The van der Waals surface area contributed by atoms with Crippen LogP contribution in [-0.2, 0) is 22.5 Å². The third-order valence-corrected chi connectivity index (χ3v) is 6.96. The summed E-state index contributed by atoms with van der Waals surface area (Å²) >= 11 is 0. The van der Waals surface area contributed by atoms with Gasteiger partial charge in [-0.2, -0.15) is 5.10 Å². The molecule has 8 heteroatoms. The van der Waals surface area contributed by atoms with Crippen LogP contribution in [0.1, 0.15) is 54.4 Å². The van der Waals surface area contributed by atoms with Crippen molar-refractivity contribution < 1.29 is 14.3 Å². The lowest BCUT2D eigenvalue weighted by Crippen LogP contribution is -2.42. The first kappa shape index (κ1) is 25.3. The largest absolute Gasteiger partial charge is 0.466 e. The van der Waals surface area contributed by atoms with Gasteiger partial charge < -0.3 is 19.5 Å². The molecule has 1 atom stereocenters. The van der Waals surface area contributed by atoms with Crippen LogP contribution in [0.4, 0.5) is 4.79 Å². The van der Waals surface area contributed by atoms with Gasteiger partial charge in [0.15, 0.2) is 0 Å². The fourth-order valence-electron chi connectivity index (χ4n) is 5.04. The number of hydrogen-bond donors (Lipinski definition) is 1. The van der Waals surface area contributed by atoms with E-state index >= 15 is 0 Å². The second-order valence-corrected chi connectivity index (χ2v) is 9.35. The molecule has 0 aliphatic carbocycles. The summed E-state index contributed by atoms with van der Waals surface area (Å²) in [5.41, 5.74) is 6.00. The second kappa shape index (κ2) is 11.0. The van der Waals surface area contributed by atoms with Crippen LogP contribution in [0.2, 0.25) is 0 Å². The van der Waals surface area contributed by atoms with Crippen molar-refractivity contribution >= 4 is 12.0 Å². The quantitative estimate of drug-likeness (QED) is 0.350. The number of carbonyl (C=O) groups excluding carboxylic acids is 2. The summed E-state index contributed by atoms with van der Waals surface area (Å²) < 4.78 is 9.12. The van der Waals surface area contributed by atoms with Crippen molar-refractivity contribution in [1.29, 1.82) is 0 Å². The first-order valence-electron chi connectivity index (χ1n) is 13.1. The zero-order chi connectivity index (χ0) is 26.6. The van der Waals surface area contributed by atoms with Gasteiger partial charge in [-0.3, -0.25) is 4.79 Å². The van der Waals surface area contributed by atoms with Gasteiger partial charge in [-0.1, -0.05) is 49.4 Å². The Hall–Kier alpha value is -4.33. The van der Waals surface area contributed by atoms with Gasteiger partial charge in [0.2, 0.25) is 0 Å². The zero-order valence-electron chi connectivity index (χ0n) is 22.1. The molecule has 0 fully saturated rings. The van der Waals surface area contributed by atoms with Gasteiger partial charge in [0.25, 0.3) is 0 Å². The van der Waals surface area contributed by atoms with Crippen molar-refractivity contribution in [3.05, 3.63) is 101 Å². The Morgan fingerprint density at radius 2 is 1.79 bits per heavy atom. The molecule has 0 saturated heterocycles. The van der Waals surface area contributed by atoms with Gasteiger partial charge in [-0.05, 0) is 55.7 Å². The Labute approximate surface area is 222 Å². The molecule has 2 amide bonds. The van der Waals surface area contributed by atoms with Crippen LogP contribution in [0.25, 0.3) is 11.5 Å². The Kier molecular flexibility index (Phi) is 7.31. The van der Waals surface area contributed by atoms with E-state index in [4.69, 9.17) is 9.84 Å². The summed E-state index contributed by atoms with van der Waals surface area (Å²) in [7, 11) is 0. The van der Waals surface area contributed by atoms with Gasteiger partial charge in [-0.15, -0.1) is 0 Å². The predicted octanol–water partition coefficient (Wildman–Crippen LogP) is 5.10. The molecule has 0 saturated carbocycles. The minimum absolute atomic E-state index is 0.121. The summed E-state index contributed by atoms with van der Waals surface area (Å²) in [4.78, 5) is 27.5. The number of aromatic nitrogens is 3. The number of aryl methyl sites for hydroxylation is 2. The van der Waals surface area contributed by atoms with E-state index in [1.54, 1.807) is 6.92 Å². The third-order valence-electron chi connectivity index (χ3n) is 6.96. The van der Waals surface area contributed by atoms with Crippen molar-refractivity contribution in [3.63, 3.8) is 0 Å². The Balaban J connectivity index is 1.60. The van der Waals surface area contributed by atoms with Gasteiger partial charge >= 0.3 is 12.0 Å². The van der Waals surface area contributed by atoms with E-state index in [2.05, 4.69) is 47.1 Å². The molecule has 2 aromatic carbocycles. The van der Waals surface area contributed by atoms with E-state index in [0.29, 0.717) is 13.2 Å². The number of nitrogens with zero attached hydrogens (tertiary/aromatic N) is 4. The minimum atomic E-state index is -0.338. The summed E-state index contributed by atoms with van der Waals surface area (Å²) in [5.74, 6) is 0.595. The first-order valence-corrected chi connectivity index (χ1v) is 13.1. The molecule has 8 nitrogen and oxygen atoms in total.